The predicted octanol–water partition coefficient (Wildman–Crippen LogP) is 4.34. The van der Waals surface area contributed by atoms with Crippen molar-refractivity contribution in [2.45, 2.75) is 32.0 Å². The highest BCUT2D eigenvalue weighted by molar-refractivity contribution is 6.02. The minimum absolute atomic E-state index is 0.920. The van der Waals surface area contributed by atoms with Crippen LogP contribution in [0.4, 0.5) is 5.69 Å². The molecular formula is C20H21N3O. The van der Waals surface area contributed by atoms with Crippen LogP contribution in [0.1, 0.15) is 31.7 Å². The number of benzene rings is 2. The smallest absolute Gasteiger partial charge is 0.301 e. The van der Waals surface area contributed by atoms with Crippen LogP contribution in [0.15, 0.2) is 77.1 Å². The van der Waals surface area contributed by atoms with Crippen molar-refractivity contribution in [3.8, 4) is 0 Å². The van der Waals surface area contributed by atoms with Crippen LogP contribution in [-0.2, 0) is 10.6 Å². The van der Waals surface area contributed by atoms with Crippen LogP contribution in [0.25, 0.3) is 0 Å². The number of para-hydroxylation sites is 1. The van der Waals surface area contributed by atoms with E-state index in [2.05, 4.69) is 15.8 Å². The predicted molar refractivity (Wildman–Crippen MR) is 96.4 cm³/mol. The molecule has 4 rings (SSSR count). The maximum Gasteiger partial charge on any atom is 0.301 e. The van der Waals surface area contributed by atoms with Gasteiger partial charge in [-0.25, -0.2) is 5.43 Å². The summed E-state index contributed by atoms with van der Waals surface area (Å²) in [6.07, 6.45) is 3.17. The third kappa shape index (κ3) is 2.64. The lowest BCUT2D eigenvalue weighted by Gasteiger charge is -2.35. The lowest BCUT2D eigenvalue weighted by Crippen LogP contribution is -2.48. The van der Waals surface area contributed by atoms with Crippen LogP contribution in [0.5, 0.6) is 0 Å². The van der Waals surface area contributed by atoms with E-state index in [1.54, 1.807) is 0 Å². The summed E-state index contributed by atoms with van der Waals surface area (Å²) in [6.45, 7) is 2.04. The first-order valence-corrected chi connectivity index (χ1v) is 8.38. The molecule has 0 aromatic heterocycles. The Kier molecular flexibility index (Phi) is 3.73. The molecule has 0 bridgehead atoms. The van der Waals surface area contributed by atoms with E-state index in [-0.39, 0.29) is 0 Å². The molecule has 1 fully saturated rings. The first-order chi connectivity index (χ1) is 11.8. The van der Waals surface area contributed by atoms with E-state index in [9.17, 15) is 0 Å². The number of fused-ring (bicyclic) bond motifs is 1. The second kappa shape index (κ2) is 6.04. The summed E-state index contributed by atoms with van der Waals surface area (Å²) in [5, 5.41) is 8.18. The first kappa shape index (κ1) is 14.8. The number of ether oxygens (including phenoxy) is 1. The standard InChI is InChI=1S/C20H21N3O/c1-15-18-13-8-14-19(18)22-23-20(24-15,16-9-4-2-5-10-16)21-17-11-6-3-7-12-17/h2-7,9-12,21,23H,8,13-14H2,1H3. The van der Waals surface area contributed by atoms with E-state index in [4.69, 9.17) is 4.74 Å². The average Bonchev–Trinajstić information content (AvgIpc) is 3.05. The third-order valence-electron chi connectivity index (χ3n) is 4.54. The van der Waals surface area contributed by atoms with Crippen LogP contribution in [0, 0.1) is 0 Å². The Morgan fingerprint density at radius 2 is 1.71 bits per heavy atom. The molecule has 122 valence electrons. The van der Waals surface area contributed by atoms with E-state index < -0.39 is 5.85 Å². The maximum atomic E-state index is 6.45. The molecular weight excluding hydrogens is 298 g/mol. The number of hydrazone groups is 1. The number of nitrogens with one attached hydrogen (secondary N) is 2. The lowest BCUT2D eigenvalue weighted by atomic mass is 10.1. The zero-order valence-corrected chi connectivity index (χ0v) is 13.8. The fourth-order valence-electron chi connectivity index (χ4n) is 3.34. The molecule has 1 aliphatic carbocycles. The van der Waals surface area contributed by atoms with E-state index in [1.165, 1.54) is 5.57 Å². The zero-order chi connectivity index (χ0) is 16.4. The van der Waals surface area contributed by atoms with E-state index >= 15 is 0 Å². The van der Waals surface area contributed by atoms with Crippen LogP contribution in [0.2, 0.25) is 0 Å². The van der Waals surface area contributed by atoms with Gasteiger partial charge in [-0.15, -0.1) is 0 Å². The zero-order valence-electron chi connectivity index (χ0n) is 13.8. The number of nitrogens with zero attached hydrogens (tertiary/aromatic N) is 1. The molecule has 2 aliphatic rings. The molecule has 1 atom stereocenters. The summed E-state index contributed by atoms with van der Waals surface area (Å²) in [7, 11) is 0. The van der Waals surface area contributed by atoms with Crippen molar-refractivity contribution in [2.24, 2.45) is 5.10 Å². The molecule has 24 heavy (non-hydrogen) atoms. The van der Waals surface area contributed by atoms with Crippen LogP contribution in [-0.4, -0.2) is 5.71 Å². The Morgan fingerprint density at radius 3 is 2.46 bits per heavy atom. The minimum atomic E-state index is -0.920. The third-order valence-corrected chi connectivity index (χ3v) is 4.54. The van der Waals surface area contributed by atoms with Gasteiger partial charge >= 0.3 is 5.85 Å². The van der Waals surface area contributed by atoms with Gasteiger partial charge in [-0.2, -0.15) is 5.10 Å². The van der Waals surface area contributed by atoms with Gasteiger partial charge in [-0.1, -0.05) is 48.5 Å². The quantitative estimate of drug-likeness (QED) is 0.884. The van der Waals surface area contributed by atoms with Crippen LogP contribution in [0.3, 0.4) is 0 Å². The van der Waals surface area contributed by atoms with E-state index in [0.717, 1.165) is 42.0 Å². The second-order valence-corrected chi connectivity index (χ2v) is 6.20. The first-order valence-electron chi connectivity index (χ1n) is 8.38. The topological polar surface area (TPSA) is 45.7 Å². The Bertz CT molecular complexity index is 783. The highest BCUT2D eigenvalue weighted by atomic mass is 16.5. The van der Waals surface area contributed by atoms with Crippen LogP contribution < -0.4 is 10.7 Å². The van der Waals surface area contributed by atoms with Gasteiger partial charge in [0.05, 0.1) is 5.71 Å². The van der Waals surface area contributed by atoms with Crippen molar-refractivity contribution >= 4 is 11.4 Å². The number of allylic oxidation sites excluding steroid dienone is 2. The molecule has 0 spiro atoms. The van der Waals surface area contributed by atoms with Gasteiger partial charge in [-0.3, -0.25) is 0 Å². The van der Waals surface area contributed by atoms with Crippen molar-refractivity contribution < 1.29 is 4.74 Å². The summed E-state index contributed by atoms with van der Waals surface area (Å²) >= 11 is 0. The monoisotopic (exact) mass is 319 g/mol. The molecule has 1 heterocycles. The van der Waals surface area contributed by atoms with Gasteiger partial charge in [0.15, 0.2) is 0 Å². The number of hydrogen-bond donors (Lipinski definition) is 2. The maximum absolute atomic E-state index is 6.45. The Morgan fingerprint density at radius 1 is 1.00 bits per heavy atom. The molecule has 0 radical (unpaired) electrons. The molecule has 2 aromatic rings. The SMILES string of the molecule is CC1=C2CCCC2=NNC(Nc2ccccc2)(c2ccccc2)O1. The molecule has 0 amide bonds. The van der Waals surface area contributed by atoms with E-state index in [0.29, 0.717) is 0 Å². The summed E-state index contributed by atoms with van der Waals surface area (Å²) in [6, 6.07) is 20.2. The number of hydrogen-bond acceptors (Lipinski definition) is 4. The summed E-state index contributed by atoms with van der Waals surface area (Å²) in [5.74, 6) is 0.0142. The largest absolute Gasteiger partial charge is 0.449 e. The van der Waals surface area contributed by atoms with E-state index in [1.807, 2.05) is 67.6 Å². The molecule has 4 heteroatoms. The Labute approximate surface area is 142 Å². The fourth-order valence-corrected chi connectivity index (χ4v) is 3.34. The summed E-state index contributed by atoms with van der Waals surface area (Å²) < 4.78 is 6.45. The number of rotatable bonds is 3. The molecule has 2 aromatic carbocycles. The van der Waals surface area contributed by atoms with Gasteiger partial charge in [0.2, 0.25) is 0 Å². The van der Waals surface area contributed by atoms with Crippen molar-refractivity contribution in [1.29, 1.82) is 0 Å². The molecule has 4 nitrogen and oxygen atoms in total. The Hall–Kier alpha value is -2.75. The van der Waals surface area contributed by atoms with Gasteiger partial charge in [0.25, 0.3) is 0 Å². The van der Waals surface area contributed by atoms with Gasteiger partial charge < -0.3 is 10.1 Å². The summed E-state index contributed by atoms with van der Waals surface area (Å²) in [5.41, 5.74) is 7.57. The Balaban J connectivity index is 1.79. The normalized spacial score (nSPS) is 22.8. The molecule has 1 aliphatic heterocycles. The number of anilines is 1. The molecule has 1 saturated carbocycles. The van der Waals surface area contributed by atoms with Crippen molar-refractivity contribution in [3.05, 3.63) is 77.6 Å². The van der Waals surface area contributed by atoms with Crippen molar-refractivity contribution in [3.63, 3.8) is 0 Å². The van der Waals surface area contributed by atoms with Crippen LogP contribution >= 0.6 is 0 Å². The fraction of sp³-hybridized carbons (Fsp3) is 0.250. The molecule has 0 saturated heterocycles. The molecule has 1 unspecified atom stereocenters. The summed E-state index contributed by atoms with van der Waals surface area (Å²) in [4.78, 5) is 0. The minimum Gasteiger partial charge on any atom is -0.449 e. The molecule has 2 N–H and O–H groups in total. The van der Waals surface area contributed by atoms with Gasteiger partial charge in [0.1, 0.15) is 5.76 Å². The average molecular weight is 319 g/mol. The van der Waals surface area contributed by atoms with Crippen molar-refractivity contribution in [1.82, 2.24) is 5.43 Å². The highest BCUT2D eigenvalue weighted by Gasteiger charge is 2.38. The highest BCUT2D eigenvalue weighted by Crippen LogP contribution is 2.34. The van der Waals surface area contributed by atoms with Crippen molar-refractivity contribution in [2.75, 3.05) is 5.32 Å². The lowest BCUT2D eigenvalue weighted by molar-refractivity contribution is -0.00569. The second-order valence-electron chi connectivity index (χ2n) is 6.20. The van der Waals surface area contributed by atoms with Gasteiger partial charge in [0, 0.05) is 16.8 Å². The van der Waals surface area contributed by atoms with Gasteiger partial charge in [-0.05, 0) is 38.3 Å².